The van der Waals surface area contributed by atoms with Gasteiger partial charge in [0.1, 0.15) is 0 Å². The second-order valence-corrected chi connectivity index (χ2v) is 8.71. The van der Waals surface area contributed by atoms with Gasteiger partial charge in [-0.2, -0.15) is 0 Å². The molecule has 0 saturated heterocycles. The van der Waals surface area contributed by atoms with Crippen molar-refractivity contribution in [1.82, 2.24) is 4.57 Å². The summed E-state index contributed by atoms with van der Waals surface area (Å²) in [7, 11) is 1.55. The van der Waals surface area contributed by atoms with E-state index < -0.39 is 0 Å². The Morgan fingerprint density at radius 1 is 0.875 bits per heavy atom. The lowest BCUT2D eigenvalue weighted by atomic mass is 9.94. The average molecular weight is 256 g/mol. The van der Waals surface area contributed by atoms with E-state index in [-0.39, 0.29) is 9.68 Å². The highest BCUT2D eigenvalue weighted by molar-refractivity contribution is 6.34. The molecule has 0 aromatic heterocycles. The van der Waals surface area contributed by atoms with Gasteiger partial charge in [0.15, 0.2) is 0 Å². The van der Waals surface area contributed by atoms with Crippen LogP contribution in [0.1, 0.15) is 57.8 Å². The van der Waals surface area contributed by atoms with Crippen LogP contribution < -0.4 is 0 Å². The standard InChI is InChI=1S/C13H29NSi2/c15-10-11-16-14(13-8-4-5-9-13)12-6-2-1-3-7-12/h12-13H,1-11,16H2,15H3. The molecule has 0 spiro atoms. The molecule has 1 nitrogen and oxygen atoms in total. The summed E-state index contributed by atoms with van der Waals surface area (Å²) in [6.07, 6.45) is 13.7. The molecule has 2 aliphatic rings. The molecule has 0 aromatic carbocycles. The first-order valence-corrected chi connectivity index (χ1v) is 10.7. The van der Waals surface area contributed by atoms with E-state index in [0.717, 1.165) is 12.1 Å². The zero-order chi connectivity index (χ0) is 11.2. The lowest BCUT2D eigenvalue weighted by molar-refractivity contribution is 0.205. The van der Waals surface area contributed by atoms with Crippen molar-refractivity contribution < 1.29 is 0 Å². The lowest BCUT2D eigenvalue weighted by Gasteiger charge is -2.39. The second-order valence-electron chi connectivity index (χ2n) is 5.82. The summed E-state index contributed by atoms with van der Waals surface area (Å²) in [6.45, 7) is 0. The second kappa shape index (κ2) is 6.97. The highest BCUT2D eigenvalue weighted by Crippen LogP contribution is 2.30. The Morgan fingerprint density at radius 2 is 1.38 bits per heavy atom. The molecule has 3 heteroatoms. The van der Waals surface area contributed by atoms with E-state index in [1.165, 1.54) is 68.0 Å². The zero-order valence-corrected chi connectivity index (χ0v) is 14.5. The molecule has 2 aliphatic carbocycles. The first-order chi connectivity index (χ1) is 7.92. The largest absolute Gasteiger partial charge is 0.324 e. The van der Waals surface area contributed by atoms with Gasteiger partial charge in [-0.1, -0.05) is 44.2 Å². The van der Waals surface area contributed by atoms with E-state index in [0.29, 0.717) is 0 Å². The van der Waals surface area contributed by atoms with Gasteiger partial charge >= 0.3 is 0 Å². The number of nitrogens with zero attached hydrogens (tertiary/aromatic N) is 1. The molecule has 0 atom stereocenters. The highest BCUT2D eigenvalue weighted by atomic mass is 28.2. The first-order valence-electron chi connectivity index (χ1n) is 7.67. The number of rotatable bonds is 5. The van der Waals surface area contributed by atoms with Crippen LogP contribution in [0.3, 0.4) is 0 Å². The van der Waals surface area contributed by atoms with Crippen LogP contribution in [0.25, 0.3) is 0 Å². The van der Waals surface area contributed by atoms with Gasteiger partial charge in [0, 0.05) is 22.3 Å². The summed E-state index contributed by atoms with van der Waals surface area (Å²) in [5, 5.41) is 0. The Hall–Kier alpha value is 0.394. The minimum absolute atomic E-state index is 0.119. The predicted molar refractivity (Wildman–Crippen MR) is 79.1 cm³/mol. The van der Waals surface area contributed by atoms with E-state index in [4.69, 9.17) is 0 Å². The van der Waals surface area contributed by atoms with Crippen molar-refractivity contribution in [1.29, 1.82) is 0 Å². The number of hydrogen-bond acceptors (Lipinski definition) is 1. The van der Waals surface area contributed by atoms with Crippen LogP contribution in [0, 0.1) is 0 Å². The molecule has 0 aliphatic heterocycles. The Bertz CT molecular complexity index is 186. The van der Waals surface area contributed by atoms with Gasteiger partial charge in [-0.25, -0.2) is 0 Å². The summed E-state index contributed by atoms with van der Waals surface area (Å²) in [5.41, 5.74) is 0. The van der Waals surface area contributed by atoms with Gasteiger partial charge in [-0.15, -0.1) is 0 Å². The lowest BCUT2D eigenvalue weighted by Crippen LogP contribution is -2.45. The number of hydrogen-bond donors (Lipinski definition) is 0. The van der Waals surface area contributed by atoms with E-state index in [2.05, 4.69) is 4.57 Å². The summed E-state index contributed by atoms with van der Waals surface area (Å²) >= 11 is 0. The van der Waals surface area contributed by atoms with Gasteiger partial charge < -0.3 is 4.57 Å². The third-order valence-electron chi connectivity index (χ3n) is 4.61. The third kappa shape index (κ3) is 3.44. The normalized spacial score (nSPS) is 25.3. The van der Waals surface area contributed by atoms with Gasteiger partial charge in [-0.3, -0.25) is 0 Å². The maximum atomic E-state index is 3.07. The maximum Gasteiger partial charge on any atom is 0.0954 e. The monoisotopic (exact) mass is 255 g/mol. The molecule has 0 radical (unpaired) electrons. The van der Waals surface area contributed by atoms with Crippen molar-refractivity contribution in [2.45, 2.75) is 82.0 Å². The molecule has 0 bridgehead atoms. The molecular weight excluding hydrogens is 226 g/mol. The SMILES string of the molecule is [SiH3]CC[SiH2]N(C1CCCCC1)C1CCCC1. The molecule has 0 unspecified atom stereocenters. The molecule has 2 saturated carbocycles. The van der Waals surface area contributed by atoms with Gasteiger partial charge in [0.05, 0.1) is 9.68 Å². The van der Waals surface area contributed by atoms with Gasteiger partial charge in [0.25, 0.3) is 0 Å². The van der Waals surface area contributed by atoms with Crippen molar-refractivity contribution in [2.24, 2.45) is 0 Å². The van der Waals surface area contributed by atoms with Crippen LogP contribution >= 0.6 is 0 Å². The van der Waals surface area contributed by atoms with E-state index in [1.54, 1.807) is 12.1 Å². The van der Waals surface area contributed by atoms with Gasteiger partial charge in [0.2, 0.25) is 0 Å². The van der Waals surface area contributed by atoms with Crippen LogP contribution in [-0.2, 0) is 0 Å². The Balaban J connectivity index is 1.89. The van der Waals surface area contributed by atoms with Crippen molar-refractivity contribution in [3.8, 4) is 0 Å². The average Bonchev–Trinajstić information content (AvgIpc) is 2.85. The third-order valence-corrected chi connectivity index (χ3v) is 9.30. The molecule has 0 N–H and O–H groups in total. The van der Waals surface area contributed by atoms with Crippen LogP contribution in [-0.4, -0.2) is 36.6 Å². The molecule has 16 heavy (non-hydrogen) atoms. The van der Waals surface area contributed by atoms with E-state index >= 15 is 0 Å². The van der Waals surface area contributed by atoms with Gasteiger partial charge in [-0.05, 0) is 25.7 Å². The fraction of sp³-hybridized carbons (Fsp3) is 1.00. The summed E-state index contributed by atoms with van der Waals surface area (Å²) < 4.78 is 3.07. The van der Waals surface area contributed by atoms with Crippen molar-refractivity contribution in [2.75, 3.05) is 0 Å². The predicted octanol–water partition coefficient (Wildman–Crippen LogP) is 1.85. The molecule has 0 aromatic rings. The topological polar surface area (TPSA) is 3.24 Å². The minimum Gasteiger partial charge on any atom is -0.324 e. The Morgan fingerprint density at radius 3 is 1.88 bits per heavy atom. The summed E-state index contributed by atoms with van der Waals surface area (Å²) in [6, 6.07) is 5.22. The Kier molecular flexibility index (Phi) is 5.59. The zero-order valence-electron chi connectivity index (χ0n) is 11.1. The van der Waals surface area contributed by atoms with Crippen molar-refractivity contribution >= 4 is 19.9 Å². The fourth-order valence-electron chi connectivity index (χ4n) is 3.65. The minimum atomic E-state index is 0.119. The van der Waals surface area contributed by atoms with Crippen LogP contribution in [0.15, 0.2) is 0 Å². The molecule has 0 amide bonds. The molecule has 2 rings (SSSR count). The van der Waals surface area contributed by atoms with Crippen molar-refractivity contribution in [3.63, 3.8) is 0 Å². The maximum absolute atomic E-state index is 3.07. The summed E-state index contributed by atoms with van der Waals surface area (Å²) in [4.78, 5) is 0. The van der Waals surface area contributed by atoms with E-state index in [9.17, 15) is 0 Å². The van der Waals surface area contributed by atoms with Crippen LogP contribution in [0.2, 0.25) is 12.1 Å². The van der Waals surface area contributed by atoms with Crippen LogP contribution in [0.5, 0.6) is 0 Å². The first kappa shape index (κ1) is 12.8. The summed E-state index contributed by atoms with van der Waals surface area (Å²) in [5.74, 6) is 0. The molecule has 2 fully saturated rings. The van der Waals surface area contributed by atoms with E-state index in [1.807, 2.05) is 0 Å². The quantitative estimate of drug-likeness (QED) is 0.678. The smallest absolute Gasteiger partial charge is 0.0954 e. The molecule has 94 valence electrons. The molecule has 0 heterocycles. The highest BCUT2D eigenvalue weighted by Gasteiger charge is 2.28. The van der Waals surface area contributed by atoms with Crippen LogP contribution in [0.4, 0.5) is 0 Å². The van der Waals surface area contributed by atoms with Crippen molar-refractivity contribution in [3.05, 3.63) is 0 Å². The fourth-order valence-corrected chi connectivity index (χ4v) is 6.74. The Labute approximate surface area is 107 Å². The molecular formula is C13H29NSi2.